The molecule has 2 amide bonds. The molecule has 3 rings (SSSR count). The first-order valence-corrected chi connectivity index (χ1v) is 9.63. The third-order valence-electron chi connectivity index (χ3n) is 4.70. The molecule has 0 fully saturated rings. The van der Waals surface area contributed by atoms with Gasteiger partial charge in [-0.2, -0.15) is 0 Å². The Kier molecular flexibility index (Phi) is 6.42. The number of nitrogens with zero attached hydrogens (tertiary/aromatic N) is 2. The van der Waals surface area contributed by atoms with Crippen LogP contribution in [0.3, 0.4) is 0 Å². The van der Waals surface area contributed by atoms with Gasteiger partial charge in [0.05, 0.1) is 17.1 Å². The molecule has 0 bridgehead atoms. The maximum Gasteiger partial charge on any atom is 0.240 e. The summed E-state index contributed by atoms with van der Waals surface area (Å²) >= 11 is 0. The summed E-state index contributed by atoms with van der Waals surface area (Å²) in [5.74, 6) is 0.732. The van der Waals surface area contributed by atoms with Crippen LogP contribution in [0.2, 0.25) is 0 Å². The first-order chi connectivity index (χ1) is 13.6. The normalized spacial score (nSPS) is 11.9. The zero-order valence-electron chi connectivity index (χ0n) is 16.3. The zero-order valence-corrected chi connectivity index (χ0v) is 16.3. The fourth-order valence-corrected chi connectivity index (χ4v) is 3.19. The Balaban J connectivity index is 1.74. The van der Waals surface area contributed by atoms with E-state index in [1.165, 1.54) is 0 Å². The molecular formula is C22H26N4O2. The van der Waals surface area contributed by atoms with E-state index in [0.29, 0.717) is 19.4 Å². The Labute approximate surface area is 165 Å². The molecule has 0 saturated carbocycles. The van der Waals surface area contributed by atoms with Gasteiger partial charge >= 0.3 is 0 Å². The van der Waals surface area contributed by atoms with Crippen molar-refractivity contribution in [2.75, 3.05) is 6.54 Å². The van der Waals surface area contributed by atoms with Crippen LogP contribution in [0.4, 0.5) is 0 Å². The summed E-state index contributed by atoms with van der Waals surface area (Å²) in [5.41, 5.74) is 2.83. The lowest BCUT2D eigenvalue weighted by Crippen LogP contribution is -2.31. The van der Waals surface area contributed by atoms with Crippen LogP contribution in [0, 0.1) is 0 Å². The molecule has 146 valence electrons. The summed E-state index contributed by atoms with van der Waals surface area (Å²) in [6, 6.07) is 17.6. The van der Waals surface area contributed by atoms with Crippen LogP contribution < -0.4 is 10.6 Å². The highest BCUT2D eigenvalue weighted by Gasteiger charge is 2.15. The summed E-state index contributed by atoms with van der Waals surface area (Å²) in [5, 5.41) is 5.92. The molecule has 2 aromatic carbocycles. The quantitative estimate of drug-likeness (QED) is 0.633. The van der Waals surface area contributed by atoms with Gasteiger partial charge < -0.3 is 15.2 Å². The fourth-order valence-electron chi connectivity index (χ4n) is 3.19. The van der Waals surface area contributed by atoms with Gasteiger partial charge in [0, 0.05) is 19.4 Å². The lowest BCUT2D eigenvalue weighted by Gasteiger charge is -2.16. The monoisotopic (exact) mass is 378 g/mol. The average molecular weight is 378 g/mol. The van der Waals surface area contributed by atoms with Gasteiger partial charge in [0.2, 0.25) is 11.8 Å². The fraction of sp³-hybridized carbons (Fsp3) is 0.318. The Morgan fingerprint density at radius 2 is 1.75 bits per heavy atom. The molecule has 0 aliphatic heterocycles. The standard InChI is InChI=1S/C22H26N4O2/c1-3-21(27)23-14-13-20-25-18-11-7-8-12-19(18)26(20)15-22(28)24-16(2)17-9-5-4-6-10-17/h4-12,16H,3,13-15H2,1-2H3,(H,23,27)(H,24,28). The number of fused-ring (bicyclic) bond motifs is 1. The molecule has 1 unspecified atom stereocenters. The zero-order chi connectivity index (χ0) is 19.9. The number of nitrogens with one attached hydrogen (secondary N) is 2. The van der Waals surface area contributed by atoms with E-state index in [4.69, 9.17) is 0 Å². The van der Waals surface area contributed by atoms with Gasteiger partial charge in [0.15, 0.2) is 0 Å². The molecule has 1 aromatic heterocycles. The SMILES string of the molecule is CCC(=O)NCCc1nc2ccccc2n1CC(=O)NC(C)c1ccccc1. The third-order valence-corrected chi connectivity index (χ3v) is 4.70. The molecule has 2 N–H and O–H groups in total. The molecule has 0 radical (unpaired) electrons. The summed E-state index contributed by atoms with van der Waals surface area (Å²) in [4.78, 5) is 28.8. The first-order valence-electron chi connectivity index (χ1n) is 9.63. The first kappa shape index (κ1) is 19.6. The number of benzene rings is 2. The van der Waals surface area contributed by atoms with Crippen LogP contribution in [-0.2, 0) is 22.6 Å². The van der Waals surface area contributed by atoms with Crippen molar-refractivity contribution < 1.29 is 9.59 Å². The number of rotatable bonds is 8. The molecule has 6 heteroatoms. The van der Waals surface area contributed by atoms with Crippen molar-refractivity contribution in [2.24, 2.45) is 0 Å². The van der Waals surface area contributed by atoms with Crippen LogP contribution in [0.25, 0.3) is 11.0 Å². The van der Waals surface area contributed by atoms with Gasteiger partial charge in [-0.15, -0.1) is 0 Å². The van der Waals surface area contributed by atoms with Crippen molar-refractivity contribution >= 4 is 22.8 Å². The highest BCUT2D eigenvalue weighted by molar-refractivity contribution is 5.81. The Morgan fingerprint density at radius 1 is 1.04 bits per heavy atom. The number of para-hydroxylation sites is 2. The van der Waals surface area contributed by atoms with Crippen molar-refractivity contribution in [1.82, 2.24) is 20.2 Å². The highest BCUT2D eigenvalue weighted by Crippen LogP contribution is 2.17. The van der Waals surface area contributed by atoms with Gasteiger partial charge in [-0.05, 0) is 24.6 Å². The molecule has 0 aliphatic carbocycles. The molecule has 0 saturated heterocycles. The number of imidazole rings is 1. The Bertz CT molecular complexity index is 950. The van der Waals surface area contributed by atoms with E-state index in [9.17, 15) is 9.59 Å². The Hall–Kier alpha value is -3.15. The number of amides is 2. The van der Waals surface area contributed by atoms with Crippen molar-refractivity contribution in [3.63, 3.8) is 0 Å². The van der Waals surface area contributed by atoms with Gasteiger partial charge in [-0.25, -0.2) is 4.98 Å². The van der Waals surface area contributed by atoms with Crippen molar-refractivity contribution in [3.8, 4) is 0 Å². The second kappa shape index (κ2) is 9.17. The minimum atomic E-state index is -0.0734. The summed E-state index contributed by atoms with van der Waals surface area (Å²) in [7, 11) is 0. The summed E-state index contributed by atoms with van der Waals surface area (Å²) in [6.45, 7) is 4.48. The van der Waals surface area contributed by atoms with E-state index in [1.54, 1.807) is 0 Å². The summed E-state index contributed by atoms with van der Waals surface area (Å²) < 4.78 is 1.93. The lowest BCUT2D eigenvalue weighted by atomic mass is 10.1. The minimum absolute atomic E-state index is 0.0112. The number of aromatic nitrogens is 2. The number of carbonyl (C=O) groups is 2. The van der Waals surface area contributed by atoms with E-state index in [-0.39, 0.29) is 24.4 Å². The number of hydrogen-bond acceptors (Lipinski definition) is 3. The number of carbonyl (C=O) groups excluding carboxylic acids is 2. The minimum Gasteiger partial charge on any atom is -0.356 e. The molecule has 6 nitrogen and oxygen atoms in total. The average Bonchev–Trinajstić information content (AvgIpc) is 3.05. The van der Waals surface area contributed by atoms with Crippen LogP contribution in [0.1, 0.15) is 37.7 Å². The molecule has 28 heavy (non-hydrogen) atoms. The van der Waals surface area contributed by atoms with Gasteiger partial charge in [-0.1, -0.05) is 49.4 Å². The predicted molar refractivity (Wildman–Crippen MR) is 110 cm³/mol. The second-order valence-corrected chi connectivity index (χ2v) is 6.76. The smallest absolute Gasteiger partial charge is 0.240 e. The van der Waals surface area contributed by atoms with Crippen LogP contribution in [0.15, 0.2) is 54.6 Å². The van der Waals surface area contributed by atoms with E-state index in [1.807, 2.05) is 73.0 Å². The van der Waals surface area contributed by atoms with E-state index >= 15 is 0 Å². The maximum atomic E-state index is 12.7. The van der Waals surface area contributed by atoms with E-state index in [0.717, 1.165) is 22.4 Å². The van der Waals surface area contributed by atoms with Gasteiger partial charge in [0.1, 0.15) is 12.4 Å². The molecular weight excluding hydrogens is 352 g/mol. The molecule has 1 heterocycles. The molecule has 0 spiro atoms. The predicted octanol–water partition coefficient (Wildman–Crippen LogP) is 2.98. The van der Waals surface area contributed by atoms with Gasteiger partial charge in [-0.3, -0.25) is 9.59 Å². The van der Waals surface area contributed by atoms with Crippen LogP contribution >= 0.6 is 0 Å². The second-order valence-electron chi connectivity index (χ2n) is 6.76. The maximum absolute atomic E-state index is 12.7. The van der Waals surface area contributed by atoms with E-state index in [2.05, 4.69) is 15.6 Å². The highest BCUT2D eigenvalue weighted by atomic mass is 16.2. The van der Waals surface area contributed by atoms with Crippen molar-refractivity contribution in [3.05, 3.63) is 66.0 Å². The van der Waals surface area contributed by atoms with E-state index < -0.39 is 0 Å². The van der Waals surface area contributed by atoms with Crippen LogP contribution in [0.5, 0.6) is 0 Å². The number of hydrogen-bond donors (Lipinski definition) is 2. The summed E-state index contributed by atoms with van der Waals surface area (Å²) in [6.07, 6.45) is 1.03. The third kappa shape index (κ3) is 4.76. The largest absolute Gasteiger partial charge is 0.356 e. The Morgan fingerprint density at radius 3 is 2.50 bits per heavy atom. The van der Waals surface area contributed by atoms with Crippen molar-refractivity contribution in [2.45, 2.75) is 39.3 Å². The molecule has 1 atom stereocenters. The topological polar surface area (TPSA) is 76.0 Å². The van der Waals surface area contributed by atoms with Crippen molar-refractivity contribution in [1.29, 1.82) is 0 Å². The van der Waals surface area contributed by atoms with Crippen LogP contribution in [-0.4, -0.2) is 27.9 Å². The van der Waals surface area contributed by atoms with Gasteiger partial charge in [0.25, 0.3) is 0 Å². The molecule has 3 aromatic rings. The lowest BCUT2D eigenvalue weighted by molar-refractivity contribution is -0.122. The molecule has 0 aliphatic rings.